The molecule has 0 bridgehead atoms. The zero-order valence-electron chi connectivity index (χ0n) is 11.7. The summed E-state index contributed by atoms with van der Waals surface area (Å²) in [5, 5.41) is -0.256. The molecule has 0 aliphatic carbocycles. The first-order valence-corrected chi connectivity index (χ1v) is 7.56. The lowest BCUT2D eigenvalue weighted by atomic mass is 9.99. The molecular formula is C14H17BrClN3O. The van der Waals surface area contributed by atoms with Gasteiger partial charge in [0.05, 0.1) is 16.4 Å². The number of nitrogens with zero attached hydrogens (tertiary/aromatic N) is 2. The standard InChI is InChI=1S/C14H17BrClN3O/c1-8(16)13-18-10-6-9(15)4-5-11(10)19(13)14(2,3)7-12(17)20/h4-6,8H,7H2,1-3H3,(H2,17,20). The molecule has 0 saturated heterocycles. The van der Waals surface area contributed by atoms with Gasteiger partial charge in [0.2, 0.25) is 5.91 Å². The van der Waals surface area contributed by atoms with Gasteiger partial charge in [0.1, 0.15) is 5.82 Å². The van der Waals surface area contributed by atoms with E-state index in [0.717, 1.165) is 21.3 Å². The first-order chi connectivity index (χ1) is 9.22. The molecule has 1 unspecified atom stereocenters. The van der Waals surface area contributed by atoms with Gasteiger partial charge < -0.3 is 10.3 Å². The molecule has 0 aliphatic rings. The molecule has 1 aromatic carbocycles. The summed E-state index contributed by atoms with van der Waals surface area (Å²) in [6.07, 6.45) is 0.227. The zero-order chi connectivity index (χ0) is 15.1. The number of amides is 1. The van der Waals surface area contributed by atoms with Crippen molar-refractivity contribution in [3.05, 3.63) is 28.5 Å². The number of halogens is 2. The second kappa shape index (κ2) is 5.37. The Balaban J connectivity index is 2.71. The molecule has 2 N–H and O–H groups in total. The summed E-state index contributed by atoms with van der Waals surface area (Å²) < 4.78 is 2.97. The highest BCUT2D eigenvalue weighted by Gasteiger charge is 2.29. The molecular weight excluding hydrogens is 342 g/mol. The summed E-state index contributed by atoms with van der Waals surface area (Å²) >= 11 is 9.69. The minimum atomic E-state index is -0.479. The maximum absolute atomic E-state index is 11.3. The fourth-order valence-corrected chi connectivity index (χ4v) is 2.98. The maximum Gasteiger partial charge on any atom is 0.219 e. The van der Waals surface area contributed by atoms with E-state index < -0.39 is 5.54 Å². The Kier molecular flexibility index (Phi) is 4.12. The van der Waals surface area contributed by atoms with E-state index in [1.165, 1.54) is 0 Å². The molecule has 0 spiro atoms. The van der Waals surface area contributed by atoms with Crippen LogP contribution in [0.15, 0.2) is 22.7 Å². The van der Waals surface area contributed by atoms with Crippen LogP contribution >= 0.6 is 27.5 Å². The van der Waals surface area contributed by atoms with Crippen molar-refractivity contribution < 1.29 is 4.79 Å². The number of primary amides is 1. The number of imidazole rings is 1. The van der Waals surface area contributed by atoms with E-state index in [0.29, 0.717) is 0 Å². The summed E-state index contributed by atoms with van der Waals surface area (Å²) in [5.41, 5.74) is 6.68. The second-order valence-electron chi connectivity index (χ2n) is 5.51. The molecule has 6 heteroatoms. The minimum absolute atomic E-state index is 0.227. The average molecular weight is 359 g/mol. The van der Waals surface area contributed by atoms with E-state index >= 15 is 0 Å². The molecule has 1 atom stereocenters. The molecule has 108 valence electrons. The van der Waals surface area contributed by atoms with Gasteiger partial charge in [-0.05, 0) is 39.0 Å². The number of fused-ring (bicyclic) bond motifs is 1. The van der Waals surface area contributed by atoms with Crippen LogP contribution in [0.5, 0.6) is 0 Å². The number of rotatable bonds is 4. The molecule has 0 aliphatic heterocycles. The number of nitrogens with two attached hydrogens (primary N) is 1. The van der Waals surface area contributed by atoms with Crippen molar-refractivity contribution in [1.82, 2.24) is 9.55 Å². The molecule has 4 nitrogen and oxygen atoms in total. The Labute approximate surface area is 131 Å². The lowest BCUT2D eigenvalue weighted by Gasteiger charge is -2.29. The van der Waals surface area contributed by atoms with Gasteiger partial charge in [-0.3, -0.25) is 4.79 Å². The Morgan fingerprint density at radius 1 is 1.55 bits per heavy atom. The summed E-state index contributed by atoms with van der Waals surface area (Å²) in [6, 6.07) is 5.86. The van der Waals surface area contributed by atoms with E-state index in [-0.39, 0.29) is 17.7 Å². The highest BCUT2D eigenvalue weighted by atomic mass is 79.9. The lowest BCUT2D eigenvalue weighted by Crippen LogP contribution is -2.33. The molecule has 0 fully saturated rings. The number of alkyl halides is 1. The second-order valence-corrected chi connectivity index (χ2v) is 7.08. The van der Waals surface area contributed by atoms with Crippen molar-refractivity contribution in [3.8, 4) is 0 Å². The van der Waals surface area contributed by atoms with Gasteiger partial charge >= 0.3 is 0 Å². The van der Waals surface area contributed by atoms with Gasteiger partial charge in [-0.15, -0.1) is 11.6 Å². The third-order valence-electron chi connectivity index (χ3n) is 3.21. The minimum Gasteiger partial charge on any atom is -0.370 e. The van der Waals surface area contributed by atoms with Gasteiger partial charge in [-0.1, -0.05) is 15.9 Å². The van der Waals surface area contributed by atoms with Gasteiger partial charge in [0.15, 0.2) is 0 Å². The molecule has 1 amide bonds. The van der Waals surface area contributed by atoms with E-state index in [1.807, 2.05) is 43.5 Å². The first kappa shape index (κ1) is 15.3. The predicted molar refractivity (Wildman–Crippen MR) is 84.8 cm³/mol. The van der Waals surface area contributed by atoms with E-state index in [9.17, 15) is 4.79 Å². The zero-order valence-corrected chi connectivity index (χ0v) is 14.0. The lowest BCUT2D eigenvalue weighted by molar-refractivity contribution is -0.119. The van der Waals surface area contributed by atoms with Crippen molar-refractivity contribution >= 4 is 44.5 Å². The van der Waals surface area contributed by atoms with Crippen LogP contribution in [0.1, 0.15) is 38.4 Å². The Morgan fingerprint density at radius 2 is 2.20 bits per heavy atom. The molecule has 0 saturated carbocycles. The van der Waals surface area contributed by atoms with Crippen LogP contribution in [0, 0.1) is 0 Å². The fraction of sp³-hybridized carbons (Fsp3) is 0.429. The van der Waals surface area contributed by atoms with Gasteiger partial charge in [-0.2, -0.15) is 0 Å². The SMILES string of the molecule is CC(Cl)c1nc2cc(Br)ccc2n1C(C)(C)CC(N)=O. The van der Waals surface area contributed by atoms with Crippen molar-refractivity contribution in [2.45, 2.75) is 38.1 Å². The van der Waals surface area contributed by atoms with Crippen molar-refractivity contribution in [2.24, 2.45) is 5.73 Å². The van der Waals surface area contributed by atoms with Gasteiger partial charge in [0.25, 0.3) is 0 Å². The normalized spacial score (nSPS) is 13.7. The number of hydrogen-bond acceptors (Lipinski definition) is 2. The van der Waals surface area contributed by atoms with Crippen LogP contribution in [0.2, 0.25) is 0 Å². The number of hydrogen-bond donors (Lipinski definition) is 1. The number of carbonyl (C=O) groups is 1. The van der Waals surface area contributed by atoms with Crippen LogP contribution in [-0.2, 0) is 10.3 Å². The fourth-order valence-electron chi connectivity index (χ4n) is 2.48. The van der Waals surface area contributed by atoms with Crippen molar-refractivity contribution in [2.75, 3.05) is 0 Å². The number of benzene rings is 1. The van der Waals surface area contributed by atoms with Crippen LogP contribution in [0.4, 0.5) is 0 Å². The van der Waals surface area contributed by atoms with E-state index in [4.69, 9.17) is 17.3 Å². The van der Waals surface area contributed by atoms with E-state index in [1.54, 1.807) is 0 Å². The number of carbonyl (C=O) groups excluding carboxylic acids is 1. The highest BCUT2D eigenvalue weighted by molar-refractivity contribution is 9.10. The summed E-state index contributed by atoms with van der Waals surface area (Å²) in [6.45, 7) is 5.79. The van der Waals surface area contributed by atoms with Gasteiger partial charge in [-0.25, -0.2) is 4.98 Å². The topological polar surface area (TPSA) is 60.9 Å². The Morgan fingerprint density at radius 3 is 2.75 bits per heavy atom. The third kappa shape index (κ3) is 2.83. The number of aromatic nitrogens is 2. The highest BCUT2D eigenvalue weighted by Crippen LogP contribution is 2.33. The molecule has 1 aromatic heterocycles. The first-order valence-electron chi connectivity index (χ1n) is 6.33. The summed E-state index contributed by atoms with van der Waals surface area (Å²) in [7, 11) is 0. The Bertz CT molecular complexity index is 664. The van der Waals surface area contributed by atoms with Crippen LogP contribution in [0.25, 0.3) is 11.0 Å². The van der Waals surface area contributed by atoms with Crippen molar-refractivity contribution in [3.63, 3.8) is 0 Å². The van der Waals surface area contributed by atoms with Crippen molar-refractivity contribution in [1.29, 1.82) is 0 Å². The quantitative estimate of drug-likeness (QED) is 0.847. The molecule has 1 heterocycles. The monoisotopic (exact) mass is 357 g/mol. The predicted octanol–water partition coefficient (Wildman–Crippen LogP) is 3.71. The molecule has 20 heavy (non-hydrogen) atoms. The summed E-state index contributed by atoms with van der Waals surface area (Å²) in [4.78, 5) is 15.9. The summed E-state index contributed by atoms with van der Waals surface area (Å²) in [5.74, 6) is 0.396. The average Bonchev–Trinajstić information content (AvgIpc) is 2.66. The molecule has 2 rings (SSSR count). The maximum atomic E-state index is 11.3. The Hall–Kier alpha value is -1.07. The molecule has 0 radical (unpaired) electrons. The van der Waals surface area contributed by atoms with Crippen LogP contribution in [-0.4, -0.2) is 15.5 Å². The third-order valence-corrected chi connectivity index (χ3v) is 3.90. The molecule has 2 aromatic rings. The smallest absolute Gasteiger partial charge is 0.219 e. The largest absolute Gasteiger partial charge is 0.370 e. The van der Waals surface area contributed by atoms with Crippen LogP contribution < -0.4 is 5.73 Å². The van der Waals surface area contributed by atoms with E-state index in [2.05, 4.69) is 20.9 Å². The van der Waals surface area contributed by atoms with Gasteiger partial charge in [0, 0.05) is 16.4 Å². The van der Waals surface area contributed by atoms with Crippen LogP contribution in [0.3, 0.4) is 0 Å².